The number of rotatable bonds is 3. The van der Waals surface area contributed by atoms with Gasteiger partial charge in [0, 0.05) is 19.4 Å². The summed E-state index contributed by atoms with van der Waals surface area (Å²) in [5, 5.41) is 0. The van der Waals surface area contributed by atoms with Crippen molar-refractivity contribution in [1.82, 2.24) is 9.55 Å². The zero-order chi connectivity index (χ0) is 12.4. The van der Waals surface area contributed by atoms with Gasteiger partial charge in [0.15, 0.2) is 5.82 Å². The predicted molar refractivity (Wildman–Crippen MR) is 59.6 cm³/mol. The summed E-state index contributed by atoms with van der Waals surface area (Å²) in [5.74, 6) is -0.273. The lowest BCUT2D eigenvalue weighted by Crippen LogP contribution is -2.10. The van der Waals surface area contributed by atoms with Gasteiger partial charge in [0.25, 0.3) is 0 Å². The molecule has 2 aromatic rings. The molecule has 0 aliphatic carbocycles. The summed E-state index contributed by atoms with van der Waals surface area (Å²) < 4.78 is 19.8. The number of hydrogen-bond acceptors (Lipinski definition) is 3. The average Bonchev–Trinajstić information content (AvgIpc) is 2.74. The molecular weight excluding hydrogens is 223 g/mol. The van der Waals surface area contributed by atoms with Gasteiger partial charge < -0.3 is 9.30 Å². The van der Waals surface area contributed by atoms with E-state index in [-0.39, 0.29) is 17.2 Å². The Morgan fingerprint density at radius 1 is 1.47 bits per heavy atom. The van der Waals surface area contributed by atoms with E-state index in [1.54, 1.807) is 17.8 Å². The van der Waals surface area contributed by atoms with Crippen LogP contribution in [0.3, 0.4) is 0 Å². The molecule has 0 aliphatic heterocycles. The Labute approximate surface area is 97.7 Å². The Bertz CT molecular complexity index is 563. The summed E-state index contributed by atoms with van der Waals surface area (Å²) in [7, 11) is 3.13. The summed E-state index contributed by atoms with van der Waals surface area (Å²) in [6.07, 6.45) is 3.16. The summed E-state index contributed by atoms with van der Waals surface area (Å²) >= 11 is 0. The molecule has 2 rings (SSSR count). The largest absolute Gasteiger partial charge is 0.496 e. The van der Waals surface area contributed by atoms with Crippen molar-refractivity contribution in [2.24, 2.45) is 7.05 Å². The van der Waals surface area contributed by atoms with Crippen LogP contribution in [0.1, 0.15) is 16.2 Å². The van der Waals surface area contributed by atoms with Crippen LogP contribution in [0.25, 0.3) is 0 Å². The number of ether oxygens (including phenoxy) is 1. The van der Waals surface area contributed by atoms with Gasteiger partial charge in [0.2, 0.25) is 5.78 Å². The third-order valence-electron chi connectivity index (χ3n) is 2.43. The monoisotopic (exact) mass is 234 g/mol. The van der Waals surface area contributed by atoms with Crippen molar-refractivity contribution in [3.05, 3.63) is 47.8 Å². The maximum atomic E-state index is 13.2. The molecule has 1 aromatic carbocycles. The minimum absolute atomic E-state index is 0.168. The van der Waals surface area contributed by atoms with E-state index in [0.717, 1.165) is 6.07 Å². The summed E-state index contributed by atoms with van der Waals surface area (Å²) in [5.41, 5.74) is 0.168. The number of carbonyl (C=O) groups is 1. The van der Waals surface area contributed by atoms with E-state index < -0.39 is 5.82 Å². The average molecular weight is 234 g/mol. The first-order valence-electron chi connectivity index (χ1n) is 4.99. The SMILES string of the molecule is COc1ccc(F)cc1C(=O)c1nccn1C. The molecule has 17 heavy (non-hydrogen) atoms. The van der Waals surface area contributed by atoms with Gasteiger partial charge in [0.05, 0.1) is 12.7 Å². The normalized spacial score (nSPS) is 10.3. The Hall–Kier alpha value is -2.17. The smallest absolute Gasteiger partial charge is 0.232 e. The number of imidazole rings is 1. The first kappa shape index (κ1) is 11.3. The fourth-order valence-corrected chi connectivity index (χ4v) is 1.56. The highest BCUT2D eigenvalue weighted by Gasteiger charge is 2.18. The third-order valence-corrected chi connectivity index (χ3v) is 2.43. The van der Waals surface area contributed by atoms with Gasteiger partial charge in [-0.2, -0.15) is 0 Å². The second kappa shape index (κ2) is 4.37. The Balaban J connectivity index is 2.50. The molecule has 0 amide bonds. The van der Waals surface area contributed by atoms with Gasteiger partial charge in [-0.15, -0.1) is 0 Å². The van der Waals surface area contributed by atoms with E-state index in [9.17, 15) is 9.18 Å². The topological polar surface area (TPSA) is 44.1 Å². The molecule has 4 nitrogen and oxygen atoms in total. The van der Waals surface area contributed by atoms with Crippen molar-refractivity contribution in [3.8, 4) is 5.75 Å². The molecule has 88 valence electrons. The summed E-state index contributed by atoms with van der Waals surface area (Å²) in [6.45, 7) is 0. The number of nitrogens with zero attached hydrogens (tertiary/aromatic N) is 2. The van der Waals surface area contributed by atoms with Crippen molar-refractivity contribution in [3.63, 3.8) is 0 Å². The lowest BCUT2D eigenvalue weighted by Gasteiger charge is -2.07. The van der Waals surface area contributed by atoms with Gasteiger partial charge in [-0.05, 0) is 18.2 Å². The molecule has 0 fully saturated rings. The van der Waals surface area contributed by atoms with E-state index in [4.69, 9.17) is 4.74 Å². The minimum atomic E-state index is -0.483. The first-order chi connectivity index (χ1) is 8.13. The maximum Gasteiger partial charge on any atom is 0.232 e. The van der Waals surface area contributed by atoms with E-state index >= 15 is 0 Å². The Morgan fingerprint density at radius 2 is 2.24 bits per heavy atom. The second-order valence-electron chi connectivity index (χ2n) is 3.54. The van der Waals surface area contributed by atoms with Crippen LogP contribution in [0, 0.1) is 5.82 Å². The van der Waals surface area contributed by atoms with Crippen molar-refractivity contribution in [2.75, 3.05) is 7.11 Å². The van der Waals surface area contributed by atoms with Crippen molar-refractivity contribution in [2.45, 2.75) is 0 Å². The molecule has 0 N–H and O–H groups in total. The highest BCUT2D eigenvalue weighted by atomic mass is 19.1. The van der Waals surface area contributed by atoms with Crippen LogP contribution in [0.15, 0.2) is 30.6 Å². The van der Waals surface area contributed by atoms with Crippen LogP contribution in [-0.2, 0) is 7.05 Å². The zero-order valence-electron chi connectivity index (χ0n) is 9.48. The number of halogens is 1. The molecule has 0 saturated heterocycles. The van der Waals surface area contributed by atoms with E-state index in [2.05, 4.69) is 4.98 Å². The summed E-state index contributed by atoms with van der Waals surface area (Å²) in [4.78, 5) is 16.1. The predicted octanol–water partition coefficient (Wildman–Crippen LogP) is 1.80. The van der Waals surface area contributed by atoms with Gasteiger partial charge in [-0.25, -0.2) is 9.37 Å². The molecule has 0 spiro atoms. The standard InChI is InChI=1S/C12H11FN2O2/c1-15-6-5-14-12(15)11(16)9-7-8(13)3-4-10(9)17-2/h3-7H,1-2H3. The van der Waals surface area contributed by atoms with E-state index in [0.29, 0.717) is 5.75 Å². The Morgan fingerprint density at radius 3 is 2.82 bits per heavy atom. The van der Waals surface area contributed by atoms with E-state index in [1.807, 2.05) is 0 Å². The van der Waals surface area contributed by atoms with Gasteiger partial charge in [-0.3, -0.25) is 4.79 Å². The van der Waals surface area contributed by atoms with Gasteiger partial charge in [0.1, 0.15) is 11.6 Å². The number of ketones is 1. The highest BCUT2D eigenvalue weighted by molar-refractivity contribution is 6.08. The number of hydrogen-bond donors (Lipinski definition) is 0. The molecule has 0 unspecified atom stereocenters. The van der Waals surface area contributed by atoms with Crippen LogP contribution in [0.4, 0.5) is 4.39 Å². The van der Waals surface area contributed by atoms with Gasteiger partial charge >= 0.3 is 0 Å². The maximum absolute atomic E-state index is 13.2. The lowest BCUT2D eigenvalue weighted by atomic mass is 10.1. The van der Waals surface area contributed by atoms with Crippen LogP contribution in [0.2, 0.25) is 0 Å². The van der Waals surface area contributed by atoms with Gasteiger partial charge in [-0.1, -0.05) is 0 Å². The zero-order valence-corrected chi connectivity index (χ0v) is 9.48. The molecule has 1 heterocycles. The number of carbonyl (C=O) groups excluding carboxylic acids is 1. The number of aryl methyl sites for hydroxylation is 1. The molecule has 5 heteroatoms. The molecule has 0 atom stereocenters. The molecule has 0 saturated carbocycles. The lowest BCUT2D eigenvalue weighted by molar-refractivity contribution is 0.102. The molecule has 1 aromatic heterocycles. The van der Waals surface area contributed by atoms with Crippen LogP contribution < -0.4 is 4.74 Å². The van der Waals surface area contributed by atoms with Crippen LogP contribution >= 0.6 is 0 Å². The minimum Gasteiger partial charge on any atom is -0.496 e. The summed E-state index contributed by atoms with van der Waals surface area (Å²) in [6, 6.07) is 3.81. The molecule has 0 bridgehead atoms. The third kappa shape index (κ3) is 2.04. The van der Waals surface area contributed by atoms with Crippen LogP contribution in [0.5, 0.6) is 5.75 Å². The fourth-order valence-electron chi connectivity index (χ4n) is 1.56. The quantitative estimate of drug-likeness (QED) is 0.760. The molecule has 0 aliphatic rings. The molecular formula is C12H11FN2O2. The van der Waals surface area contributed by atoms with E-state index in [1.165, 1.54) is 25.4 Å². The Kier molecular flexibility index (Phi) is 2.91. The van der Waals surface area contributed by atoms with Crippen molar-refractivity contribution >= 4 is 5.78 Å². The number of methoxy groups -OCH3 is 1. The van der Waals surface area contributed by atoms with Crippen molar-refractivity contribution < 1.29 is 13.9 Å². The van der Waals surface area contributed by atoms with Crippen LogP contribution in [-0.4, -0.2) is 22.4 Å². The fraction of sp³-hybridized carbons (Fsp3) is 0.167. The number of aromatic nitrogens is 2. The molecule has 0 radical (unpaired) electrons. The first-order valence-corrected chi connectivity index (χ1v) is 4.99. The van der Waals surface area contributed by atoms with Crippen molar-refractivity contribution in [1.29, 1.82) is 0 Å². The second-order valence-corrected chi connectivity index (χ2v) is 3.54. The highest BCUT2D eigenvalue weighted by Crippen LogP contribution is 2.21. The number of benzene rings is 1.